The third kappa shape index (κ3) is 4.22. The quantitative estimate of drug-likeness (QED) is 0.510. The molecule has 3 fully saturated rings. The minimum Gasteiger partial charge on any atom is -0.481 e. The predicted octanol–water partition coefficient (Wildman–Crippen LogP) is 0.992. The molecule has 0 radical (unpaired) electrons. The van der Waals surface area contributed by atoms with Crippen molar-refractivity contribution in [3.05, 3.63) is 29.3 Å². The van der Waals surface area contributed by atoms with Gasteiger partial charge in [-0.2, -0.15) is 0 Å². The van der Waals surface area contributed by atoms with E-state index in [2.05, 4.69) is 10.6 Å². The van der Waals surface area contributed by atoms with Crippen molar-refractivity contribution in [2.75, 3.05) is 18.4 Å². The Hall–Kier alpha value is -3.76. The Morgan fingerprint density at radius 2 is 1.69 bits per heavy atom. The Kier molecular flexibility index (Phi) is 6.23. The number of carboxylic acids is 1. The lowest BCUT2D eigenvalue weighted by Gasteiger charge is -2.31. The van der Waals surface area contributed by atoms with E-state index >= 15 is 0 Å². The summed E-state index contributed by atoms with van der Waals surface area (Å²) in [5, 5.41) is 14.8. The summed E-state index contributed by atoms with van der Waals surface area (Å²) < 4.78 is 0. The van der Waals surface area contributed by atoms with Crippen molar-refractivity contribution in [2.45, 2.75) is 57.0 Å². The van der Waals surface area contributed by atoms with Crippen molar-refractivity contribution in [2.24, 2.45) is 11.8 Å². The van der Waals surface area contributed by atoms with Crippen LogP contribution in [-0.4, -0.2) is 75.6 Å². The summed E-state index contributed by atoms with van der Waals surface area (Å²) in [5.41, 5.74) is 0.960. The summed E-state index contributed by atoms with van der Waals surface area (Å²) in [7, 11) is 0. The second-order valence-electron chi connectivity index (χ2n) is 9.98. The molecule has 2 atom stereocenters. The normalized spacial score (nSPS) is 28.2. The van der Waals surface area contributed by atoms with Gasteiger partial charge in [0.2, 0.25) is 17.7 Å². The largest absolute Gasteiger partial charge is 0.481 e. The summed E-state index contributed by atoms with van der Waals surface area (Å²) in [6.07, 6.45) is 3.32. The fourth-order valence-electron chi connectivity index (χ4n) is 5.76. The van der Waals surface area contributed by atoms with E-state index in [0.29, 0.717) is 44.3 Å². The molecule has 0 bridgehead atoms. The fourth-order valence-corrected chi connectivity index (χ4v) is 5.76. The van der Waals surface area contributed by atoms with Gasteiger partial charge in [0.1, 0.15) is 6.04 Å². The number of carboxylic acid groups (broad SMARTS) is 1. The molecule has 5 amide bonds. The number of aliphatic carboxylic acids is 1. The van der Waals surface area contributed by atoms with E-state index in [4.69, 9.17) is 0 Å². The van der Waals surface area contributed by atoms with Crippen molar-refractivity contribution in [1.82, 2.24) is 15.1 Å². The Bertz CT molecular complexity index is 1160. The standard InChI is InChI=1S/C25H28N4O7/c30-19-9-8-18(21(31)27-19)29-23(33)16-2-1-3-17(20(16)24(29)34)26-15-6-4-13(5-7-15)22(32)28-11-10-14(12-28)25(35)36/h1-3,13-15,18,26H,4-12H2,(H,35,36)(H,27,30,31)/t13?,14-,15?,18?/m0/s1. The number of nitrogens with zero attached hydrogens (tertiary/aromatic N) is 2. The number of carbonyl (C=O) groups excluding carboxylic acids is 5. The third-order valence-corrected chi connectivity index (χ3v) is 7.75. The highest BCUT2D eigenvalue weighted by Crippen LogP contribution is 2.35. The lowest BCUT2D eigenvalue weighted by molar-refractivity contribution is -0.142. The number of anilines is 1. The first-order valence-electron chi connectivity index (χ1n) is 12.4. The van der Waals surface area contributed by atoms with E-state index in [1.54, 1.807) is 23.1 Å². The first kappa shape index (κ1) is 24.0. The summed E-state index contributed by atoms with van der Waals surface area (Å²) >= 11 is 0. The predicted molar refractivity (Wildman–Crippen MR) is 125 cm³/mol. The smallest absolute Gasteiger partial charge is 0.308 e. The molecule has 1 aliphatic carbocycles. The first-order chi connectivity index (χ1) is 17.2. The van der Waals surface area contributed by atoms with Gasteiger partial charge in [0, 0.05) is 37.2 Å². The molecule has 11 nitrogen and oxygen atoms in total. The summed E-state index contributed by atoms with van der Waals surface area (Å²) in [4.78, 5) is 76.8. The molecule has 2 saturated heterocycles. The van der Waals surface area contributed by atoms with Crippen LogP contribution in [0.1, 0.15) is 65.7 Å². The molecule has 3 N–H and O–H groups in total. The van der Waals surface area contributed by atoms with E-state index in [0.717, 1.165) is 4.90 Å². The van der Waals surface area contributed by atoms with Crippen molar-refractivity contribution in [3.8, 4) is 0 Å². The minimum absolute atomic E-state index is 0.00144. The van der Waals surface area contributed by atoms with Crippen LogP contribution in [0.2, 0.25) is 0 Å². The topological polar surface area (TPSA) is 153 Å². The van der Waals surface area contributed by atoms with Crippen molar-refractivity contribution in [1.29, 1.82) is 0 Å². The van der Waals surface area contributed by atoms with Crippen LogP contribution in [0.25, 0.3) is 0 Å². The van der Waals surface area contributed by atoms with Crippen LogP contribution in [0.4, 0.5) is 5.69 Å². The van der Waals surface area contributed by atoms with Gasteiger partial charge in [0.25, 0.3) is 11.8 Å². The van der Waals surface area contributed by atoms with Gasteiger partial charge in [0.15, 0.2) is 0 Å². The SMILES string of the molecule is O=C1CCC(N2C(=O)c3cccc(NC4CCC(C(=O)N5CC[C@H](C(=O)O)C5)CC4)c3C2=O)C(=O)N1. The molecule has 3 aliphatic heterocycles. The van der Waals surface area contributed by atoms with E-state index in [1.165, 1.54) is 0 Å². The van der Waals surface area contributed by atoms with E-state index in [-0.39, 0.29) is 48.4 Å². The van der Waals surface area contributed by atoms with E-state index in [1.807, 2.05) is 0 Å². The van der Waals surface area contributed by atoms with Gasteiger partial charge in [-0.15, -0.1) is 0 Å². The number of rotatable bonds is 5. The Labute approximate surface area is 207 Å². The van der Waals surface area contributed by atoms with Gasteiger partial charge in [-0.1, -0.05) is 6.07 Å². The van der Waals surface area contributed by atoms with Gasteiger partial charge in [-0.05, 0) is 50.7 Å². The van der Waals surface area contributed by atoms with Crippen LogP contribution >= 0.6 is 0 Å². The molecular formula is C25H28N4O7. The molecule has 0 aromatic heterocycles. The zero-order valence-corrected chi connectivity index (χ0v) is 19.7. The summed E-state index contributed by atoms with van der Waals surface area (Å²) in [6.45, 7) is 0.742. The van der Waals surface area contributed by atoms with Crippen LogP contribution in [0.3, 0.4) is 0 Å². The molecule has 5 rings (SSSR count). The van der Waals surface area contributed by atoms with E-state index in [9.17, 15) is 33.9 Å². The molecule has 190 valence electrons. The highest BCUT2D eigenvalue weighted by Gasteiger charge is 2.46. The molecule has 11 heteroatoms. The van der Waals surface area contributed by atoms with Gasteiger partial charge >= 0.3 is 5.97 Å². The second kappa shape index (κ2) is 9.36. The van der Waals surface area contributed by atoms with Crippen LogP contribution in [-0.2, 0) is 19.2 Å². The maximum atomic E-state index is 13.3. The number of amides is 5. The molecule has 4 aliphatic rings. The lowest BCUT2D eigenvalue weighted by atomic mass is 9.85. The number of piperidine rings is 1. The Balaban J connectivity index is 1.23. The van der Waals surface area contributed by atoms with Crippen molar-refractivity contribution < 1.29 is 33.9 Å². The van der Waals surface area contributed by atoms with Gasteiger partial charge < -0.3 is 15.3 Å². The minimum atomic E-state index is -1.02. The van der Waals surface area contributed by atoms with Gasteiger partial charge in [-0.3, -0.25) is 39.0 Å². The average molecular weight is 497 g/mol. The molecule has 3 heterocycles. The van der Waals surface area contributed by atoms with Crippen molar-refractivity contribution in [3.63, 3.8) is 0 Å². The highest BCUT2D eigenvalue weighted by molar-refractivity contribution is 6.25. The maximum absolute atomic E-state index is 13.3. The number of hydrogen-bond donors (Lipinski definition) is 3. The van der Waals surface area contributed by atoms with Crippen LogP contribution in [0, 0.1) is 11.8 Å². The summed E-state index contributed by atoms with van der Waals surface area (Å²) in [5.74, 6) is -3.67. The number of hydrogen-bond acceptors (Lipinski definition) is 7. The Morgan fingerprint density at radius 1 is 0.944 bits per heavy atom. The number of carbonyl (C=O) groups is 6. The van der Waals surface area contributed by atoms with Crippen molar-refractivity contribution >= 4 is 41.2 Å². The van der Waals surface area contributed by atoms with Crippen LogP contribution in [0.15, 0.2) is 18.2 Å². The number of benzene rings is 1. The average Bonchev–Trinajstić information content (AvgIpc) is 3.44. The Morgan fingerprint density at radius 3 is 2.36 bits per heavy atom. The van der Waals surface area contributed by atoms with Crippen LogP contribution < -0.4 is 10.6 Å². The van der Waals surface area contributed by atoms with Crippen LogP contribution in [0.5, 0.6) is 0 Å². The number of likely N-dealkylation sites (tertiary alicyclic amines) is 1. The molecule has 1 saturated carbocycles. The number of fused-ring (bicyclic) bond motifs is 1. The zero-order chi connectivity index (χ0) is 25.6. The first-order valence-corrected chi connectivity index (χ1v) is 12.4. The van der Waals surface area contributed by atoms with Gasteiger partial charge in [-0.25, -0.2) is 0 Å². The number of imide groups is 2. The zero-order valence-electron chi connectivity index (χ0n) is 19.7. The molecule has 0 spiro atoms. The third-order valence-electron chi connectivity index (χ3n) is 7.75. The molecule has 36 heavy (non-hydrogen) atoms. The molecular weight excluding hydrogens is 468 g/mol. The lowest BCUT2D eigenvalue weighted by Crippen LogP contribution is -2.54. The second-order valence-corrected chi connectivity index (χ2v) is 9.98. The number of nitrogens with one attached hydrogen (secondary N) is 2. The highest BCUT2D eigenvalue weighted by atomic mass is 16.4. The maximum Gasteiger partial charge on any atom is 0.308 e. The molecule has 1 aromatic rings. The summed E-state index contributed by atoms with van der Waals surface area (Å²) in [6, 6.07) is 3.95. The fraction of sp³-hybridized carbons (Fsp3) is 0.520. The van der Waals surface area contributed by atoms with Gasteiger partial charge in [0.05, 0.1) is 17.0 Å². The molecule has 1 aromatic carbocycles. The molecule has 1 unspecified atom stereocenters. The van der Waals surface area contributed by atoms with E-state index < -0.39 is 41.6 Å². The monoisotopic (exact) mass is 496 g/mol.